The number of halogens is 1. The molecule has 1 aliphatic heterocycles. The van der Waals surface area contributed by atoms with Gasteiger partial charge in [-0.25, -0.2) is 4.39 Å². The van der Waals surface area contributed by atoms with Crippen molar-refractivity contribution in [1.29, 1.82) is 0 Å². The normalized spacial score (nSPS) is 17.2. The highest BCUT2D eigenvalue weighted by atomic mass is 19.1. The number of aryl methyl sites for hydroxylation is 2. The number of carbonyl (C=O) groups is 2. The predicted octanol–water partition coefficient (Wildman–Crippen LogP) is 3.43. The Labute approximate surface area is 140 Å². The van der Waals surface area contributed by atoms with Crippen molar-refractivity contribution < 1.29 is 14.0 Å². The number of nitrogens with one attached hydrogen (secondary N) is 1. The number of carbonyl (C=O) groups excluding carboxylic acids is 2. The average molecular weight is 326 g/mol. The van der Waals surface area contributed by atoms with E-state index in [1.54, 1.807) is 17.9 Å². The van der Waals surface area contributed by atoms with Crippen LogP contribution in [0.1, 0.15) is 17.5 Å². The standard InChI is InChI=1S/C19H19FN2O2/c1-12-3-6-15(7-4-12)22-10-9-16(19(22)24)18(23)21-14-5-8-17(20)13(2)11-14/h3-8,11,16H,9-10H2,1-2H3,(H,21,23). The van der Waals surface area contributed by atoms with E-state index in [1.165, 1.54) is 12.1 Å². The Bertz CT molecular complexity index is 786. The molecule has 1 atom stereocenters. The van der Waals surface area contributed by atoms with Gasteiger partial charge >= 0.3 is 0 Å². The average Bonchev–Trinajstić information content (AvgIpc) is 2.93. The minimum atomic E-state index is -0.711. The summed E-state index contributed by atoms with van der Waals surface area (Å²) in [5.41, 5.74) is 2.87. The molecule has 3 rings (SSSR count). The van der Waals surface area contributed by atoms with Gasteiger partial charge in [-0.3, -0.25) is 9.59 Å². The number of hydrogen-bond donors (Lipinski definition) is 1. The lowest BCUT2D eigenvalue weighted by Crippen LogP contribution is -2.33. The smallest absolute Gasteiger partial charge is 0.239 e. The molecule has 2 aromatic carbocycles. The first-order valence-electron chi connectivity index (χ1n) is 7.91. The molecule has 0 aromatic heterocycles. The molecule has 1 heterocycles. The second kappa shape index (κ2) is 6.43. The quantitative estimate of drug-likeness (QED) is 0.879. The van der Waals surface area contributed by atoms with E-state index in [0.717, 1.165) is 11.3 Å². The highest BCUT2D eigenvalue weighted by Gasteiger charge is 2.37. The summed E-state index contributed by atoms with van der Waals surface area (Å²) in [5.74, 6) is -1.58. The van der Waals surface area contributed by atoms with E-state index in [4.69, 9.17) is 0 Å². The third-order valence-electron chi connectivity index (χ3n) is 4.29. The second-order valence-corrected chi connectivity index (χ2v) is 6.12. The maximum absolute atomic E-state index is 13.3. The third kappa shape index (κ3) is 3.15. The van der Waals surface area contributed by atoms with Crippen LogP contribution in [-0.4, -0.2) is 18.4 Å². The summed E-state index contributed by atoms with van der Waals surface area (Å²) in [6, 6.07) is 12.0. The molecular formula is C19H19FN2O2. The van der Waals surface area contributed by atoms with Crippen LogP contribution in [0.15, 0.2) is 42.5 Å². The van der Waals surface area contributed by atoms with Gasteiger partial charge < -0.3 is 10.2 Å². The van der Waals surface area contributed by atoms with E-state index in [0.29, 0.717) is 24.2 Å². The van der Waals surface area contributed by atoms with Crippen LogP contribution in [0.25, 0.3) is 0 Å². The van der Waals surface area contributed by atoms with Gasteiger partial charge in [0.2, 0.25) is 11.8 Å². The molecule has 0 bridgehead atoms. The molecule has 1 N–H and O–H groups in total. The first kappa shape index (κ1) is 16.2. The monoisotopic (exact) mass is 326 g/mol. The summed E-state index contributed by atoms with van der Waals surface area (Å²) in [5, 5.41) is 2.71. The summed E-state index contributed by atoms with van der Waals surface area (Å²) in [6.07, 6.45) is 0.471. The molecule has 0 saturated carbocycles. The van der Waals surface area contributed by atoms with Gasteiger partial charge in [0, 0.05) is 17.9 Å². The number of anilines is 2. The van der Waals surface area contributed by atoms with Gasteiger partial charge in [-0.2, -0.15) is 0 Å². The summed E-state index contributed by atoms with van der Waals surface area (Å²) < 4.78 is 13.3. The molecule has 1 unspecified atom stereocenters. The van der Waals surface area contributed by atoms with E-state index in [1.807, 2.05) is 31.2 Å². The van der Waals surface area contributed by atoms with Gasteiger partial charge in [-0.1, -0.05) is 17.7 Å². The second-order valence-electron chi connectivity index (χ2n) is 6.12. The van der Waals surface area contributed by atoms with Crippen molar-refractivity contribution in [3.05, 3.63) is 59.4 Å². The lowest BCUT2D eigenvalue weighted by molar-refractivity contribution is -0.129. The zero-order valence-corrected chi connectivity index (χ0v) is 13.7. The summed E-state index contributed by atoms with van der Waals surface area (Å²) in [6.45, 7) is 4.13. The van der Waals surface area contributed by atoms with Crippen molar-refractivity contribution >= 4 is 23.2 Å². The number of nitrogens with zero attached hydrogens (tertiary/aromatic N) is 1. The van der Waals surface area contributed by atoms with Crippen LogP contribution in [0.5, 0.6) is 0 Å². The van der Waals surface area contributed by atoms with Crippen LogP contribution in [0.2, 0.25) is 0 Å². The van der Waals surface area contributed by atoms with Crippen LogP contribution < -0.4 is 10.2 Å². The lowest BCUT2D eigenvalue weighted by atomic mass is 10.1. The van der Waals surface area contributed by atoms with Crippen molar-refractivity contribution in [2.75, 3.05) is 16.8 Å². The van der Waals surface area contributed by atoms with Crippen LogP contribution in [0, 0.1) is 25.6 Å². The Morgan fingerprint density at radius 2 is 1.88 bits per heavy atom. The molecular weight excluding hydrogens is 307 g/mol. The minimum absolute atomic E-state index is 0.199. The van der Waals surface area contributed by atoms with E-state index < -0.39 is 5.92 Å². The van der Waals surface area contributed by atoms with Gasteiger partial charge in [-0.05, 0) is 56.2 Å². The maximum Gasteiger partial charge on any atom is 0.239 e. The molecule has 4 nitrogen and oxygen atoms in total. The first-order valence-corrected chi connectivity index (χ1v) is 7.91. The molecule has 2 aromatic rings. The summed E-state index contributed by atoms with van der Waals surface area (Å²) >= 11 is 0. The highest BCUT2D eigenvalue weighted by Crippen LogP contribution is 2.26. The van der Waals surface area contributed by atoms with Crippen molar-refractivity contribution in [2.45, 2.75) is 20.3 Å². The predicted molar refractivity (Wildman–Crippen MR) is 91.4 cm³/mol. The number of rotatable bonds is 3. The fourth-order valence-electron chi connectivity index (χ4n) is 2.86. The van der Waals surface area contributed by atoms with E-state index in [2.05, 4.69) is 5.32 Å². The SMILES string of the molecule is Cc1ccc(N2CCC(C(=O)Nc3ccc(F)c(C)c3)C2=O)cc1. The molecule has 5 heteroatoms. The van der Waals surface area contributed by atoms with Crippen molar-refractivity contribution in [1.82, 2.24) is 0 Å². The Hall–Kier alpha value is -2.69. The topological polar surface area (TPSA) is 49.4 Å². The fourth-order valence-corrected chi connectivity index (χ4v) is 2.86. The zero-order chi connectivity index (χ0) is 17.3. The van der Waals surface area contributed by atoms with Crippen molar-refractivity contribution in [3.63, 3.8) is 0 Å². The van der Waals surface area contributed by atoms with Crippen LogP contribution in [0.4, 0.5) is 15.8 Å². The Balaban J connectivity index is 1.71. The third-order valence-corrected chi connectivity index (χ3v) is 4.29. The van der Waals surface area contributed by atoms with Gasteiger partial charge in [0.05, 0.1) is 0 Å². The molecule has 24 heavy (non-hydrogen) atoms. The Morgan fingerprint density at radius 3 is 2.54 bits per heavy atom. The van der Waals surface area contributed by atoms with Gasteiger partial charge in [0.15, 0.2) is 0 Å². The van der Waals surface area contributed by atoms with Crippen LogP contribution in [0.3, 0.4) is 0 Å². The van der Waals surface area contributed by atoms with Crippen molar-refractivity contribution in [2.24, 2.45) is 5.92 Å². The fraction of sp³-hybridized carbons (Fsp3) is 0.263. The molecule has 124 valence electrons. The van der Waals surface area contributed by atoms with E-state index in [9.17, 15) is 14.0 Å². The molecule has 1 fully saturated rings. The van der Waals surface area contributed by atoms with Crippen LogP contribution in [-0.2, 0) is 9.59 Å². The van der Waals surface area contributed by atoms with Crippen molar-refractivity contribution in [3.8, 4) is 0 Å². The van der Waals surface area contributed by atoms with E-state index in [-0.39, 0.29) is 17.6 Å². The van der Waals surface area contributed by atoms with Gasteiger partial charge in [0.25, 0.3) is 0 Å². The Morgan fingerprint density at radius 1 is 1.17 bits per heavy atom. The van der Waals surface area contributed by atoms with Crippen LogP contribution >= 0.6 is 0 Å². The Kier molecular flexibility index (Phi) is 4.34. The first-order chi connectivity index (χ1) is 11.5. The number of hydrogen-bond acceptors (Lipinski definition) is 2. The highest BCUT2D eigenvalue weighted by molar-refractivity contribution is 6.13. The summed E-state index contributed by atoms with van der Waals surface area (Å²) in [4.78, 5) is 26.6. The molecule has 0 spiro atoms. The maximum atomic E-state index is 13.3. The number of benzene rings is 2. The van der Waals surface area contributed by atoms with E-state index >= 15 is 0 Å². The lowest BCUT2D eigenvalue weighted by Gasteiger charge is -2.17. The molecule has 0 aliphatic carbocycles. The largest absolute Gasteiger partial charge is 0.325 e. The minimum Gasteiger partial charge on any atom is -0.325 e. The van der Waals surface area contributed by atoms with Gasteiger partial charge in [0.1, 0.15) is 11.7 Å². The molecule has 1 saturated heterocycles. The number of amides is 2. The molecule has 0 radical (unpaired) electrons. The van der Waals surface area contributed by atoms with Gasteiger partial charge in [-0.15, -0.1) is 0 Å². The molecule has 1 aliphatic rings. The molecule has 2 amide bonds. The summed E-state index contributed by atoms with van der Waals surface area (Å²) in [7, 11) is 0. The zero-order valence-electron chi connectivity index (χ0n) is 13.7.